The van der Waals surface area contributed by atoms with E-state index in [2.05, 4.69) is 0 Å². The highest BCUT2D eigenvalue weighted by atomic mass is 16.5. The molecule has 0 aromatic heterocycles. The van der Waals surface area contributed by atoms with Crippen molar-refractivity contribution < 1.29 is 20.0 Å². The van der Waals surface area contributed by atoms with Gasteiger partial charge in [0.1, 0.15) is 0 Å². The summed E-state index contributed by atoms with van der Waals surface area (Å²) in [6.45, 7) is 0. The molecule has 0 radical (unpaired) electrons. The fourth-order valence-electron chi connectivity index (χ4n) is 11.8. The van der Waals surface area contributed by atoms with Gasteiger partial charge >= 0.3 is 0 Å². The van der Waals surface area contributed by atoms with Crippen LogP contribution in [-0.4, -0.2) is 44.4 Å². The first-order valence-electron chi connectivity index (χ1n) is 15.3. The van der Waals surface area contributed by atoms with Gasteiger partial charge in [-0.2, -0.15) is 0 Å². The molecule has 0 spiro atoms. The third-order valence-electron chi connectivity index (χ3n) is 12.2. The smallest absolute Gasteiger partial charge is 0.246 e. The maximum atomic E-state index is 13.5. The van der Waals surface area contributed by atoms with E-state index in [4.69, 9.17) is 0 Å². The summed E-state index contributed by atoms with van der Waals surface area (Å²) in [5, 5.41) is 24.3. The molecule has 6 heteroatoms. The number of hydrogen-bond donors (Lipinski definition) is 2. The van der Waals surface area contributed by atoms with E-state index in [0.717, 1.165) is 97.0 Å². The number of carbonyl (C=O) groups excluding carboxylic acids is 2. The fourth-order valence-corrected chi connectivity index (χ4v) is 11.8. The Balaban J connectivity index is 1.02. The molecule has 200 valence electrons. The molecular weight excluding hydrogens is 452 g/mol. The molecule has 36 heavy (non-hydrogen) atoms. The van der Waals surface area contributed by atoms with Crippen LogP contribution in [0.5, 0.6) is 0 Å². The van der Waals surface area contributed by atoms with E-state index in [-0.39, 0.29) is 22.6 Å². The van der Waals surface area contributed by atoms with Crippen LogP contribution in [0.2, 0.25) is 0 Å². The van der Waals surface area contributed by atoms with Gasteiger partial charge in [-0.1, -0.05) is 12.8 Å². The largest absolute Gasteiger partial charge is 0.286 e. The predicted octanol–water partition coefficient (Wildman–Crippen LogP) is 5.95. The molecule has 0 aromatic rings. The van der Waals surface area contributed by atoms with Crippen LogP contribution < -0.4 is 0 Å². The summed E-state index contributed by atoms with van der Waals surface area (Å²) in [5.74, 6) is 4.26. The van der Waals surface area contributed by atoms with Gasteiger partial charge in [-0.3, -0.25) is 20.0 Å². The van der Waals surface area contributed by atoms with E-state index in [0.29, 0.717) is 25.7 Å². The van der Waals surface area contributed by atoms with Gasteiger partial charge in [0.25, 0.3) is 0 Å². The maximum Gasteiger partial charge on any atom is 0.246 e. The van der Waals surface area contributed by atoms with E-state index in [9.17, 15) is 20.0 Å². The van der Waals surface area contributed by atoms with Crippen LogP contribution in [0.1, 0.15) is 116 Å². The molecular formula is C30H46N2O4. The van der Waals surface area contributed by atoms with Gasteiger partial charge in [0.2, 0.25) is 11.8 Å². The van der Waals surface area contributed by atoms with Gasteiger partial charge in [0.05, 0.1) is 12.1 Å². The summed E-state index contributed by atoms with van der Waals surface area (Å²) >= 11 is 0. The highest BCUT2D eigenvalue weighted by Crippen LogP contribution is 2.62. The molecule has 2 unspecified atom stereocenters. The standard InChI is InChI=1S/C30H46N2O4/c33-27(17-29-11-19-5-20(12-29)7-21(6-19)13-29)31(35)25-3-1-2-4-26(25)32(36)28(34)18-30-14-22-8-23(15-30)10-24(9-22)16-30/h19-26,35-36H,1-18H2. The number of rotatable bonds is 6. The molecule has 0 aliphatic heterocycles. The van der Waals surface area contributed by atoms with Crippen molar-refractivity contribution in [3.63, 3.8) is 0 Å². The normalized spacial score (nSPS) is 48.3. The van der Waals surface area contributed by atoms with Gasteiger partial charge < -0.3 is 0 Å². The van der Waals surface area contributed by atoms with E-state index in [1.807, 2.05) is 0 Å². The summed E-state index contributed by atoms with van der Waals surface area (Å²) in [7, 11) is 0. The first kappa shape index (κ1) is 23.9. The van der Waals surface area contributed by atoms with E-state index in [1.165, 1.54) is 38.5 Å². The van der Waals surface area contributed by atoms with Crippen LogP contribution in [0, 0.1) is 46.3 Å². The summed E-state index contributed by atoms with van der Waals surface area (Å²) in [5.41, 5.74) is 0.147. The highest BCUT2D eigenvalue weighted by Gasteiger charge is 2.54. The molecule has 8 bridgehead atoms. The fraction of sp³-hybridized carbons (Fsp3) is 0.933. The molecule has 0 heterocycles. The van der Waals surface area contributed by atoms with Crippen LogP contribution in [0.25, 0.3) is 0 Å². The minimum Gasteiger partial charge on any atom is -0.286 e. The zero-order valence-corrected chi connectivity index (χ0v) is 22.0. The molecule has 9 aliphatic carbocycles. The Bertz CT molecular complexity index is 759. The minimum absolute atomic E-state index is 0.0736. The van der Waals surface area contributed by atoms with Crippen LogP contribution in [0.4, 0.5) is 0 Å². The van der Waals surface area contributed by atoms with E-state index < -0.39 is 12.1 Å². The second kappa shape index (κ2) is 8.69. The maximum absolute atomic E-state index is 13.5. The lowest BCUT2D eigenvalue weighted by Gasteiger charge is -2.57. The third-order valence-corrected chi connectivity index (χ3v) is 12.2. The Kier molecular flexibility index (Phi) is 5.78. The minimum atomic E-state index is -0.495. The van der Waals surface area contributed by atoms with Gasteiger partial charge in [-0.25, -0.2) is 10.1 Å². The Hall–Kier alpha value is -1.14. The van der Waals surface area contributed by atoms with Crippen molar-refractivity contribution >= 4 is 11.8 Å². The first-order chi connectivity index (χ1) is 17.3. The molecule has 9 aliphatic rings. The second-order valence-electron chi connectivity index (χ2n) is 15.1. The molecule has 6 nitrogen and oxygen atoms in total. The van der Waals surface area contributed by atoms with Crippen molar-refractivity contribution in [3.05, 3.63) is 0 Å². The molecule has 9 rings (SSSR count). The predicted molar refractivity (Wildman–Crippen MR) is 134 cm³/mol. The molecule has 9 saturated carbocycles. The lowest BCUT2D eigenvalue weighted by atomic mass is 9.49. The van der Waals surface area contributed by atoms with Crippen molar-refractivity contribution in [2.75, 3.05) is 0 Å². The zero-order valence-electron chi connectivity index (χ0n) is 22.0. The number of amides is 2. The average Bonchev–Trinajstić information content (AvgIpc) is 2.80. The Morgan fingerprint density at radius 1 is 0.556 bits per heavy atom. The quantitative estimate of drug-likeness (QED) is 0.350. The molecule has 0 aromatic carbocycles. The number of hydrogen-bond acceptors (Lipinski definition) is 4. The van der Waals surface area contributed by atoms with Crippen molar-refractivity contribution in [3.8, 4) is 0 Å². The lowest BCUT2D eigenvalue weighted by molar-refractivity contribution is -0.218. The third kappa shape index (κ3) is 4.13. The Morgan fingerprint density at radius 3 is 1.11 bits per heavy atom. The summed E-state index contributed by atoms with van der Waals surface area (Å²) in [4.78, 5) is 26.9. The second-order valence-corrected chi connectivity index (χ2v) is 15.1. The molecule has 2 atom stereocenters. The Morgan fingerprint density at radius 2 is 0.833 bits per heavy atom. The van der Waals surface area contributed by atoms with Gasteiger partial charge in [-0.05, 0) is 136 Å². The Labute approximate surface area is 216 Å². The van der Waals surface area contributed by atoms with Crippen molar-refractivity contribution in [2.24, 2.45) is 46.3 Å². The SMILES string of the molecule is O=C(CC12CC3CC(CC(C3)C1)C2)N(O)C1CCCCC1N(O)C(=O)CC12CC3CC(CC(C3)C1)C2. The number of nitrogens with zero attached hydrogens (tertiary/aromatic N) is 2. The van der Waals surface area contributed by atoms with Crippen LogP contribution in [0.15, 0.2) is 0 Å². The number of hydroxylamine groups is 4. The lowest BCUT2D eigenvalue weighted by Crippen LogP contribution is -2.57. The molecule has 2 amide bonds. The zero-order chi connectivity index (χ0) is 24.7. The topological polar surface area (TPSA) is 81.1 Å². The first-order valence-corrected chi connectivity index (χ1v) is 15.3. The van der Waals surface area contributed by atoms with Crippen molar-refractivity contribution in [1.29, 1.82) is 0 Å². The van der Waals surface area contributed by atoms with Crippen molar-refractivity contribution in [2.45, 2.75) is 128 Å². The van der Waals surface area contributed by atoms with Crippen LogP contribution in [-0.2, 0) is 9.59 Å². The van der Waals surface area contributed by atoms with E-state index >= 15 is 0 Å². The summed E-state index contributed by atoms with van der Waals surface area (Å²) < 4.78 is 0. The highest BCUT2D eigenvalue weighted by molar-refractivity contribution is 5.78. The molecule has 9 fully saturated rings. The number of carbonyl (C=O) groups is 2. The monoisotopic (exact) mass is 498 g/mol. The van der Waals surface area contributed by atoms with Gasteiger partial charge in [-0.15, -0.1) is 0 Å². The van der Waals surface area contributed by atoms with Gasteiger partial charge in [0.15, 0.2) is 0 Å². The van der Waals surface area contributed by atoms with Crippen molar-refractivity contribution in [1.82, 2.24) is 10.1 Å². The average molecular weight is 499 g/mol. The van der Waals surface area contributed by atoms with Crippen LogP contribution >= 0.6 is 0 Å². The van der Waals surface area contributed by atoms with Gasteiger partial charge in [0, 0.05) is 12.8 Å². The molecule has 0 saturated heterocycles. The summed E-state index contributed by atoms with van der Waals surface area (Å²) in [6, 6.07) is -0.990. The van der Waals surface area contributed by atoms with E-state index in [1.54, 1.807) is 0 Å². The molecule has 2 N–H and O–H groups in total. The van der Waals surface area contributed by atoms with Crippen LogP contribution in [0.3, 0.4) is 0 Å². The summed E-state index contributed by atoms with van der Waals surface area (Å²) in [6.07, 6.45) is 18.9.